The Hall–Kier alpha value is -3.41. The highest BCUT2D eigenvalue weighted by atomic mass is 32.2. The van der Waals surface area contributed by atoms with Gasteiger partial charge in [0.2, 0.25) is 10.0 Å². The van der Waals surface area contributed by atoms with Crippen molar-refractivity contribution in [2.45, 2.75) is 16.8 Å². The van der Waals surface area contributed by atoms with Crippen molar-refractivity contribution in [1.29, 1.82) is 0 Å². The summed E-state index contributed by atoms with van der Waals surface area (Å²) >= 11 is 1.48. The molecule has 182 valence electrons. The molecule has 1 N–H and O–H groups in total. The number of rotatable bonds is 8. The van der Waals surface area contributed by atoms with Crippen LogP contribution in [-0.2, 0) is 21.4 Å². The molecule has 0 spiro atoms. The molecule has 3 aromatic rings. The number of methoxy groups -OCH3 is 1. The van der Waals surface area contributed by atoms with Crippen molar-refractivity contribution in [1.82, 2.24) is 4.72 Å². The second-order valence-corrected chi connectivity index (χ2v) is 10.6. The van der Waals surface area contributed by atoms with Gasteiger partial charge >= 0.3 is 5.97 Å². The van der Waals surface area contributed by atoms with Gasteiger partial charge < -0.3 is 9.47 Å². The molecular formula is C24H22N2O7S2. The number of carbonyl (C=O) groups is 1. The zero-order valence-electron chi connectivity index (χ0n) is 18.7. The van der Waals surface area contributed by atoms with E-state index in [1.54, 1.807) is 18.2 Å². The molecule has 0 saturated heterocycles. The molecule has 35 heavy (non-hydrogen) atoms. The van der Waals surface area contributed by atoms with Crippen LogP contribution in [0.5, 0.6) is 5.75 Å². The molecule has 1 atom stereocenters. The third-order valence-corrected chi connectivity index (χ3v) is 8.25. The first-order valence-corrected chi connectivity index (χ1v) is 13.1. The van der Waals surface area contributed by atoms with Crippen LogP contribution in [0.4, 0.5) is 5.69 Å². The summed E-state index contributed by atoms with van der Waals surface area (Å²) in [5.41, 5.74) is 2.68. The van der Waals surface area contributed by atoms with E-state index in [1.165, 1.54) is 37.1 Å². The lowest BCUT2D eigenvalue weighted by molar-refractivity contribution is -0.387. The van der Waals surface area contributed by atoms with Crippen LogP contribution in [0.25, 0.3) is 0 Å². The number of nitro groups is 1. The fourth-order valence-corrected chi connectivity index (χ4v) is 6.38. The number of para-hydroxylation sites is 1. The van der Waals surface area contributed by atoms with Crippen LogP contribution in [0, 0.1) is 10.1 Å². The van der Waals surface area contributed by atoms with Crippen molar-refractivity contribution in [3.05, 3.63) is 99.1 Å². The normalized spacial score (nSPS) is 14.7. The molecule has 1 unspecified atom stereocenters. The predicted octanol–water partition coefficient (Wildman–Crippen LogP) is 4.07. The molecular weight excluding hydrogens is 492 g/mol. The maximum absolute atomic E-state index is 12.7. The van der Waals surface area contributed by atoms with Gasteiger partial charge in [-0.25, -0.2) is 17.9 Å². The Morgan fingerprint density at radius 3 is 2.66 bits per heavy atom. The number of nitro benzene ring substituents is 1. The smallest absolute Gasteiger partial charge is 0.337 e. The fraction of sp³-hybridized carbons (Fsp3) is 0.208. The Bertz CT molecular complexity index is 1380. The molecule has 1 aliphatic heterocycles. The average molecular weight is 515 g/mol. The van der Waals surface area contributed by atoms with E-state index in [0.717, 1.165) is 22.8 Å². The van der Waals surface area contributed by atoms with Crippen LogP contribution in [0.3, 0.4) is 0 Å². The number of nitrogens with zero attached hydrogens (tertiary/aromatic N) is 1. The minimum atomic E-state index is -4.08. The number of benzene rings is 3. The van der Waals surface area contributed by atoms with Gasteiger partial charge in [0.15, 0.2) is 4.90 Å². The molecule has 0 saturated carbocycles. The number of thioether (sulfide) groups is 1. The molecule has 0 bridgehead atoms. The van der Waals surface area contributed by atoms with E-state index in [0.29, 0.717) is 23.7 Å². The highest BCUT2D eigenvalue weighted by molar-refractivity contribution is 7.99. The summed E-state index contributed by atoms with van der Waals surface area (Å²) in [5, 5.41) is 11.0. The summed E-state index contributed by atoms with van der Waals surface area (Å²) in [6.07, 6.45) is 0. The Kier molecular flexibility index (Phi) is 7.39. The lowest BCUT2D eigenvalue weighted by Crippen LogP contribution is -2.27. The zero-order valence-corrected chi connectivity index (χ0v) is 20.3. The van der Waals surface area contributed by atoms with Gasteiger partial charge in [-0.3, -0.25) is 10.1 Å². The molecule has 4 rings (SSSR count). The van der Waals surface area contributed by atoms with Crippen LogP contribution in [0.1, 0.15) is 32.3 Å². The second-order valence-electron chi connectivity index (χ2n) is 7.61. The van der Waals surface area contributed by atoms with Crippen LogP contribution < -0.4 is 9.46 Å². The van der Waals surface area contributed by atoms with Crippen LogP contribution >= 0.6 is 11.8 Å². The molecule has 9 nitrogen and oxygen atoms in total. The van der Waals surface area contributed by atoms with E-state index in [9.17, 15) is 23.3 Å². The number of esters is 1. The number of hydrogen-bond acceptors (Lipinski definition) is 8. The van der Waals surface area contributed by atoms with Gasteiger partial charge in [0, 0.05) is 23.9 Å². The van der Waals surface area contributed by atoms with Gasteiger partial charge in [0.05, 0.1) is 22.8 Å². The van der Waals surface area contributed by atoms with E-state index in [1.807, 2.05) is 24.3 Å². The summed E-state index contributed by atoms with van der Waals surface area (Å²) in [6, 6.07) is 18.1. The first-order chi connectivity index (χ1) is 16.8. The molecule has 0 radical (unpaired) electrons. The topological polar surface area (TPSA) is 125 Å². The molecule has 11 heteroatoms. The average Bonchev–Trinajstić information content (AvgIpc) is 3.02. The molecule has 1 aliphatic rings. The third kappa shape index (κ3) is 5.31. The number of sulfonamides is 1. The van der Waals surface area contributed by atoms with E-state index in [2.05, 4.69) is 4.72 Å². The summed E-state index contributed by atoms with van der Waals surface area (Å²) in [7, 11) is -2.76. The fourth-order valence-electron chi connectivity index (χ4n) is 3.82. The van der Waals surface area contributed by atoms with Crippen molar-refractivity contribution in [2.75, 3.05) is 19.4 Å². The van der Waals surface area contributed by atoms with E-state index < -0.39 is 26.6 Å². The number of ether oxygens (including phenoxy) is 2. The third-order valence-electron chi connectivity index (χ3n) is 5.46. The zero-order chi connectivity index (χ0) is 25.0. The molecule has 0 amide bonds. The summed E-state index contributed by atoms with van der Waals surface area (Å²) in [4.78, 5) is 22.3. The number of fused-ring (bicyclic) bond motifs is 2. The van der Waals surface area contributed by atoms with Gasteiger partial charge in [0.1, 0.15) is 12.4 Å². The van der Waals surface area contributed by atoms with Crippen molar-refractivity contribution in [2.24, 2.45) is 0 Å². The van der Waals surface area contributed by atoms with E-state index in [-0.39, 0.29) is 16.7 Å². The molecule has 3 aromatic carbocycles. The van der Waals surface area contributed by atoms with Gasteiger partial charge in [-0.15, -0.1) is 11.8 Å². The Balaban J connectivity index is 1.56. The quantitative estimate of drug-likeness (QED) is 0.206. The van der Waals surface area contributed by atoms with E-state index >= 15 is 0 Å². The molecule has 0 fully saturated rings. The first kappa shape index (κ1) is 24.7. The first-order valence-electron chi connectivity index (χ1n) is 10.6. The maximum atomic E-state index is 12.7. The highest BCUT2D eigenvalue weighted by Gasteiger charge is 2.28. The Morgan fingerprint density at radius 1 is 1.14 bits per heavy atom. The number of carbonyl (C=O) groups excluding carboxylic acids is 1. The Morgan fingerprint density at radius 2 is 1.89 bits per heavy atom. The lowest BCUT2D eigenvalue weighted by Gasteiger charge is -2.19. The Labute approximate surface area is 206 Å². The largest absolute Gasteiger partial charge is 0.489 e. The molecule has 0 aromatic heterocycles. The van der Waals surface area contributed by atoms with Crippen molar-refractivity contribution in [3.8, 4) is 5.75 Å². The monoisotopic (exact) mass is 514 g/mol. The summed E-state index contributed by atoms with van der Waals surface area (Å²) in [5.74, 6) is 0.527. The van der Waals surface area contributed by atoms with Crippen molar-refractivity contribution < 1.29 is 27.6 Å². The van der Waals surface area contributed by atoms with Gasteiger partial charge in [-0.1, -0.05) is 36.4 Å². The van der Waals surface area contributed by atoms with E-state index in [4.69, 9.17) is 9.47 Å². The maximum Gasteiger partial charge on any atom is 0.337 e. The predicted molar refractivity (Wildman–Crippen MR) is 131 cm³/mol. The minimum absolute atomic E-state index is 0.0462. The lowest BCUT2D eigenvalue weighted by atomic mass is 9.98. The molecule has 1 heterocycles. The van der Waals surface area contributed by atoms with Crippen LogP contribution in [0.2, 0.25) is 0 Å². The van der Waals surface area contributed by atoms with Crippen LogP contribution in [-0.4, -0.2) is 38.7 Å². The standard InChI is InChI=1S/C24H22N2O7S2/c1-32-24(27)16-10-11-21-19(14-16)23(18-7-3-2-6-17(18)15-33-21)34-13-12-25-35(30,31)22-9-5-4-8-20(22)26(28)29/h2-11,14,23,25H,12-13,15H2,1H3. The summed E-state index contributed by atoms with van der Waals surface area (Å²) < 4.78 is 38.7. The second kappa shape index (κ2) is 10.5. The van der Waals surface area contributed by atoms with Crippen molar-refractivity contribution in [3.63, 3.8) is 0 Å². The SMILES string of the molecule is COC(=O)c1ccc2c(c1)C(SCCNS(=O)(=O)c1ccccc1[N+](=O)[O-])c1ccccc1CO2. The van der Waals surface area contributed by atoms with Gasteiger partial charge in [-0.05, 0) is 35.4 Å². The number of hydrogen-bond donors (Lipinski definition) is 1. The minimum Gasteiger partial charge on any atom is -0.489 e. The number of nitrogens with one attached hydrogen (secondary N) is 1. The van der Waals surface area contributed by atoms with Gasteiger partial charge in [0.25, 0.3) is 5.69 Å². The summed E-state index contributed by atoms with van der Waals surface area (Å²) in [6.45, 7) is 0.409. The van der Waals surface area contributed by atoms with Crippen molar-refractivity contribution >= 4 is 33.4 Å². The molecule has 0 aliphatic carbocycles. The van der Waals surface area contributed by atoms with Crippen LogP contribution in [0.15, 0.2) is 71.6 Å². The van der Waals surface area contributed by atoms with Gasteiger partial charge in [-0.2, -0.15) is 0 Å². The highest BCUT2D eigenvalue weighted by Crippen LogP contribution is 2.44.